The monoisotopic (exact) mass is 380 g/mol. The Morgan fingerprint density at radius 2 is 1.64 bits per heavy atom. The Balaban J connectivity index is 1.76. The van der Waals surface area contributed by atoms with Crippen LogP contribution in [0.1, 0.15) is 36.3 Å². The average Bonchev–Trinajstić information content (AvgIpc) is 2.71. The van der Waals surface area contributed by atoms with Crippen LogP contribution in [0.2, 0.25) is 0 Å². The first-order valence-electron chi connectivity index (χ1n) is 10.2. The van der Waals surface area contributed by atoms with Gasteiger partial charge in [0.05, 0.1) is 0 Å². The molecule has 0 spiro atoms. The van der Waals surface area contributed by atoms with Crippen LogP contribution in [0.4, 0.5) is 0 Å². The molecule has 1 aliphatic heterocycles. The van der Waals surface area contributed by atoms with Crippen LogP contribution in [0.3, 0.4) is 0 Å². The smallest absolute Gasteiger partial charge is 0.303 e. The third kappa shape index (κ3) is 5.43. The van der Waals surface area contributed by atoms with Crippen molar-refractivity contribution in [3.63, 3.8) is 0 Å². The molecule has 0 amide bonds. The maximum Gasteiger partial charge on any atom is 0.303 e. The Morgan fingerprint density at radius 3 is 2.14 bits per heavy atom. The molecule has 0 aliphatic carbocycles. The fourth-order valence-electron chi connectivity index (χ4n) is 4.57. The zero-order valence-electron chi connectivity index (χ0n) is 17.0. The fraction of sp³-hybridized carbons (Fsp3) is 0.458. The van der Waals surface area contributed by atoms with Crippen LogP contribution in [0.25, 0.3) is 0 Å². The van der Waals surface area contributed by atoms with Gasteiger partial charge < -0.3 is 14.9 Å². The molecule has 4 nitrogen and oxygen atoms in total. The van der Waals surface area contributed by atoms with Gasteiger partial charge in [-0.3, -0.25) is 4.79 Å². The lowest BCUT2D eigenvalue weighted by Gasteiger charge is -2.42. The van der Waals surface area contributed by atoms with Crippen molar-refractivity contribution >= 4 is 5.97 Å². The Morgan fingerprint density at radius 1 is 1.07 bits per heavy atom. The molecule has 1 heterocycles. The minimum Gasteiger partial charge on any atom is -0.481 e. The first-order chi connectivity index (χ1) is 13.5. The summed E-state index contributed by atoms with van der Waals surface area (Å²) in [6.07, 6.45) is 2.09. The van der Waals surface area contributed by atoms with Gasteiger partial charge in [0, 0.05) is 31.5 Å². The summed E-state index contributed by atoms with van der Waals surface area (Å²) < 4.78 is 0. The molecule has 28 heavy (non-hydrogen) atoms. The first-order valence-corrected chi connectivity index (χ1v) is 10.2. The standard InChI is InChI=1S/C24H32N2O2/c1-25(2)23-15-16-26(17-21(23)13-14-24(27)28)18-22(19-9-5-3-6-10-19)20-11-7-4-8-12-20/h3-12,21-23H,13-18H2,1-2H3,(H,27,28)/t21-,23+/m0/s1. The summed E-state index contributed by atoms with van der Waals surface area (Å²) >= 11 is 0. The molecule has 0 aromatic heterocycles. The largest absolute Gasteiger partial charge is 0.481 e. The van der Waals surface area contributed by atoms with Gasteiger partial charge in [-0.05, 0) is 50.5 Å². The second-order valence-electron chi connectivity index (χ2n) is 8.15. The number of piperidine rings is 1. The highest BCUT2D eigenvalue weighted by Crippen LogP contribution is 2.30. The van der Waals surface area contributed by atoms with E-state index in [0.717, 1.165) is 32.5 Å². The van der Waals surface area contributed by atoms with Gasteiger partial charge in [0.2, 0.25) is 0 Å². The predicted molar refractivity (Wildman–Crippen MR) is 114 cm³/mol. The number of carboxylic acids is 1. The molecule has 2 atom stereocenters. The van der Waals surface area contributed by atoms with E-state index in [-0.39, 0.29) is 6.42 Å². The normalized spacial score (nSPS) is 20.6. The lowest BCUT2D eigenvalue weighted by atomic mass is 9.85. The Kier molecular flexibility index (Phi) is 7.24. The van der Waals surface area contributed by atoms with Crippen molar-refractivity contribution in [3.8, 4) is 0 Å². The number of benzene rings is 2. The number of hydrogen-bond acceptors (Lipinski definition) is 3. The van der Waals surface area contributed by atoms with E-state index in [1.165, 1.54) is 11.1 Å². The molecule has 150 valence electrons. The van der Waals surface area contributed by atoms with Gasteiger partial charge >= 0.3 is 5.97 Å². The summed E-state index contributed by atoms with van der Waals surface area (Å²) in [6.45, 7) is 2.99. The molecule has 1 N–H and O–H groups in total. The lowest BCUT2D eigenvalue weighted by molar-refractivity contribution is -0.137. The third-order valence-corrected chi connectivity index (χ3v) is 6.01. The molecule has 0 bridgehead atoms. The zero-order valence-corrected chi connectivity index (χ0v) is 17.0. The average molecular weight is 381 g/mol. The van der Waals surface area contributed by atoms with Crippen LogP contribution >= 0.6 is 0 Å². The quantitative estimate of drug-likeness (QED) is 0.753. The van der Waals surface area contributed by atoms with Crippen LogP contribution in [-0.4, -0.2) is 60.6 Å². The second kappa shape index (κ2) is 9.85. The zero-order chi connectivity index (χ0) is 19.9. The van der Waals surface area contributed by atoms with E-state index in [9.17, 15) is 4.79 Å². The number of rotatable bonds is 8. The summed E-state index contributed by atoms with van der Waals surface area (Å²) in [4.78, 5) is 15.9. The number of aliphatic carboxylic acids is 1. The SMILES string of the molecule is CN(C)[C@@H]1CCN(CC(c2ccccc2)c2ccccc2)C[C@@H]1CCC(=O)O. The highest BCUT2D eigenvalue weighted by molar-refractivity contribution is 5.66. The predicted octanol–water partition coefficient (Wildman–Crippen LogP) is 3.94. The minimum atomic E-state index is -0.693. The third-order valence-electron chi connectivity index (χ3n) is 6.01. The van der Waals surface area contributed by atoms with Gasteiger partial charge in [-0.15, -0.1) is 0 Å². The van der Waals surface area contributed by atoms with Crippen molar-refractivity contribution in [1.82, 2.24) is 9.80 Å². The summed E-state index contributed by atoms with van der Waals surface area (Å²) in [6, 6.07) is 21.9. The molecule has 0 unspecified atom stereocenters. The van der Waals surface area contributed by atoms with E-state index in [2.05, 4.69) is 84.6 Å². The Labute approximate surface area is 168 Å². The number of likely N-dealkylation sites (tertiary alicyclic amines) is 1. The van der Waals surface area contributed by atoms with Crippen molar-refractivity contribution < 1.29 is 9.90 Å². The van der Waals surface area contributed by atoms with Gasteiger partial charge in [0.1, 0.15) is 0 Å². The molecular weight excluding hydrogens is 348 g/mol. The van der Waals surface area contributed by atoms with Crippen molar-refractivity contribution in [2.45, 2.75) is 31.2 Å². The Hall–Kier alpha value is -2.17. The van der Waals surface area contributed by atoms with Crippen molar-refractivity contribution in [2.75, 3.05) is 33.7 Å². The highest BCUT2D eigenvalue weighted by Gasteiger charge is 2.32. The van der Waals surface area contributed by atoms with Crippen molar-refractivity contribution in [1.29, 1.82) is 0 Å². The van der Waals surface area contributed by atoms with Crippen molar-refractivity contribution in [2.24, 2.45) is 5.92 Å². The molecule has 4 heteroatoms. The number of hydrogen-bond donors (Lipinski definition) is 1. The van der Waals surface area contributed by atoms with Gasteiger partial charge in [-0.2, -0.15) is 0 Å². The molecule has 0 saturated carbocycles. The second-order valence-corrected chi connectivity index (χ2v) is 8.15. The number of carbonyl (C=O) groups is 1. The van der Waals surface area contributed by atoms with Gasteiger partial charge in [0.25, 0.3) is 0 Å². The molecule has 0 radical (unpaired) electrons. The maximum absolute atomic E-state index is 11.1. The molecule has 1 aliphatic rings. The molecule has 1 saturated heterocycles. The summed E-state index contributed by atoms with van der Waals surface area (Å²) in [5.74, 6) is 0.0338. The van der Waals surface area contributed by atoms with E-state index >= 15 is 0 Å². The van der Waals surface area contributed by atoms with E-state index in [1.54, 1.807) is 0 Å². The topological polar surface area (TPSA) is 43.8 Å². The van der Waals surface area contributed by atoms with E-state index in [0.29, 0.717) is 17.9 Å². The summed E-state index contributed by atoms with van der Waals surface area (Å²) in [5, 5.41) is 9.15. The van der Waals surface area contributed by atoms with Crippen molar-refractivity contribution in [3.05, 3.63) is 71.8 Å². The minimum absolute atomic E-state index is 0.254. The van der Waals surface area contributed by atoms with E-state index in [1.807, 2.05) is 0 Å². The summed E-state index contributed by atoms with van der Waals surface area (Å²) in [5.41, 5.74) is 2.68. The molecule has 1 fully saturated rings. The van der Waals surface area contributed by atoms with Crippen LogP contribution in [0.15, 0.2) is 60.7 Å². The van der Waals surface area contributed by atoms with Gasteiger partial charge in [-0.25, -0.2) is 0 Å². The first kappa shape index (κ1) is 20.6. The Bertz CT molecular complexity index is 693. The van der Waals surface area contributed by atoms with Crippen LogP contribution < -0.4 is 0 Å². The van der Waals surface area contributed by atoms with Crippen LogP contribution in [0.5, 0.6) is 0 Å². The van der Waals surface area contributed by atoms with E-state index < -0.39 is 5.97 Å². The number of nitrogens with zero attached hydrogens (tertiary/aromatic N) is 2. The van der Waals surface area contributed by atoms with Crippen LogP contribution in [-0.2, 0) is 4.79 Å². The molecule has 2 aromatic rings. The summed E-state index contributed by atoms with van der Waals surface area (Å²) in [7, 11) is 4.23. The van der Waals surface area contributed by atoms with Gasteiger partial charge in [-0.1, -0.05) is 60.7 Å². The van der Waals surface area contributed by atoms with Crippen LogP contribution in [0, 0.1) is 5.92 Å². The molecule has 3 rings (SSSR count). The maximum atomic E-state index is 11.1. The lowest BCUT2D eigenvalue weighted by Crippen LogP contribution is -2.49. The highest BCUT2D eigenvalue weighted by atomic mass is 16.4. The molecule has 2 aromatic carbocycles. The fourth-order valence-corrected chi connectivity index (χ4v) is 4.57. The van der Waals surface area contributed by atoms with Gasteiger partial charge in [0.15, 0.2) is 0 Å². The number of carboxylic acid groups (broad SMARTS) is 1. The molecular formula is C24H32N2O2. The van der Waals surface area contributed by atoms with E-state index in [4.69, 9.17) is 5.11 Å².